The molecule has 0 fully saturated rings. The van der Waals surface area contributed by atoms with E-state index in [1.165, 1.54) is 11.2 Å². The Morgan fingerprint density at radius 1 is 1.41 bits per heavy atom. The summed E-state index contributed by atoms with van der Waals surface area (Å²) in [7, 11) is 0. The number of hydrogen-bond donors (Lipinski definition) is 3. The van der Waals surface area contributed by atoms with E-state index in [0.29, 0.717) is 25.3 Å². The molecule has 0 atom stereocenters. The lowest BCUT2D eigenvalue weighted by Gasteiger charge is -2.26. The quantitative estimate of drug-likeness (QED) is 0.765. The molecule has 0 saturated carbocycles. The number of nitrogens with zero attached hydrogens (tertiary/aromatic N) is 2. The molecule has 0 radical (unpaired) electrons. The molecule has 2 aromatic rings. The van der Waals surface area contributed by atoms with Crippen molar-refractivity contribution in [1.29, 1.82) is 0 Å². The molecule has 0 aliphatic carbocycles. The van der Waals surface area contributed by atoms with Gasteiger partial charge in [0.05, 0.1) is 6.33 Å². The first-order valence-corrected chi connectivity index (χ1v) is 6.65. The number of carbonyl (C=O) groups is 1. The molecule has 1 aliphatic heterocycles. The first-order valence-electron chi connectivity index (χ1n) is 6.65. The maximum atomic E-state index is 11.4. The van der Waals surface area contributed by atoms with Gasteiger partial charge in [0.25, 0.3) is 5.56 Å². The molecule has 0 unspecified atom stereocenters. The summed E-state index contributed by atoms with van der Waals surface area (Å²) in [5.74, 6) is 0.555. The van der Waals surface area contributed by atoms with E-state index < -0.39 is 11.7 Å². The number of fused-ring (bicyclic) bond motifs is 1. The highest BCUT2D eigenvalue weighted by Gasteiger charge is 2.20. The number of hydrogen-bond acceptors (Lipinski definition) is 5. The number of anilines is 1. The largest absolute Gasteiger partial charge is 0.465 e. The Hall–Kier alpha value is -3.03. The number of aromatic nitrogens is 2. The van der Waals surface area contributed by atoms with Crippen molar-refractivity contribution in [2.45, 2.75) is 13.0 Å². The monoisotopic (exact) mass is 302 g/mol. The summed E-state index contributed by atoms with van der Waals surface area (Å²) in [4.78, 5) is 30.0. The van der Waals surface area contributed by atoms with E-state index in [4.69, 9.17) is 15.6 Å². The number of carboxylic acid groups (broad SMARTS) is 1. The molecule has 4 N–H and O–H groups in total. The lowest BCUT2D eigenvalue weighted by atomic mass is 10.00. The summed E-state index contributed by atoms with van der Waals surface area (Å²) in [6.07, 6.45) is 0.903. The number of ether oxygens (including phenoxy) is 1. The Labute approximate surface area is 125 Å². The van der Waals surface area contributed by atoms with E-state index in [9.17, 15) is 9.59 Å². The summed E-state index contributed by atoms with van der Waals surface area (Å²) in [5.41, 5.74) is 7.02. The molecule has 0 saturated heterocycles. The third kappa shape index (κ3) is 2.58. The van der Waals surface area contributed by atoms with E-state index in [1.54, 1.807) is 6.07 Å². The van der Waals surface area contributed by atoms with E-state index in [2.05, 4.69) is 9.97 Å². The van der Waals surface area contributed by atoms with Gasteiger partial charge in [-0.1, -0.05) is 6.07 Å². The third-order valence-electron chi connectivity index (χ3n) is 3.53. The lowest BCUT2D eigenvalue weighted by molar-refractivity contribution is 0.140. The molecule has 114 valence electrons. The lowest BCUT2D eigenvalue weighted by Crippen LogP contribution is -2.34. The van der Waals surface area contributed by atoms with Crippen molar-refractivity contribution in [3.05, 3.63) is 46.0 Å². The van der Waals surface area contributed by atoms with E-state index in [-0.39, 0.29) is 11.6 Å². The van der Waals surface area contributed by atoms with Crippen molar-refractivity contribution < 1.29 is 14.6 Å². The molecule has 0 spiro atoms. The zero-order chi connectivity index (χ0) is 15.7. The summed E-state index contributed by atoms with van der Waals surface area (Å²) in [6, 6.07) is 5.33. The number of amides is 1. The van der Waals surface area contributed by atoms with Crippen LogP contribution < -0.4 is 16.0 Å². The molecular weight excluding hydrogens is 288 g/mol. The predicted molar refractivity (Wildman–Crippen MR) is 77.9 cm³/mol. The number of nitrogens with one attached hydrogen (secondary N) is 1. The predicted octanol–water partition coefficient (Wildman–Crippen LogP) is 1.18. The highest BCUT2D eigenvalue weighted by Crippen LogP contribution is 2.27. The van der Waals surface area contributed by atoms with Crippen molar-refractivity contribution in [2.75, 3.05) is 12.3 Å². The van der Waals surface area contributed by atoms with Crippen LogP contribution in [0.5, 0.6) is 11.6 Å². The number of benzene rings is 1. The van der Waals surface area contributed by atoms with Gasteiger partial charge in [-0.05, 0) is 29.7 Å². The second-order valence-electron chi connectivity index (χ2n) is 4.94. The summed E-state index contributed by atoms with van der Waals surface area (Å²) < 4.78 is 5.54. The SMILES string of the molecule is Nc1c(Oc2ccc3c(c2)CCN(C(=O)O)C3)nc[nH]c1=O. The number of rotatable bonds is 2. The number of nitrogens with two attached hydrogens (primary N) is 1. The number of H-pyrrole nitrogens is 1. The first-order chi connectivity index (χ1) is 10.5. The smallest absolute Gasteiger partial charge is 0.407 e. The molecule has 1 aliphatic rings. The highest BCUT2D eigenvalue weighted by molar-refractivity contribution is 5.65. The van der Waals surface area contributed by atoms with Gasteiger partial charge in [-0.25, -0.2) is 9.78 Å². The van der Waals surface area contributed by atoms with Crippen LogP contribution in [0.15, 0.2) is 29.3 Å². The van der Waals surface area contributed by atoms with Crippen LogP contribution in [-0.4, -0.2) is 32.6 Å². The average Bonchev–Trinajstić information content (AvgIpc) is 2.51. The minimum absolute atomic E-state index is 0.0478. The van der Waals surface area contributed by atoms with E-state index in [1.807, 2.05) is 12.1 Å². The number of nitrogen functional groups attached to an aromatic ring is 1. The molecule has 0 bridgehead atoms. The van der Waals surface area contributed by atoms with Crippen LogP contribution in [-0.2, 0) is 13.0 Å². The second-order valence-corrected chi connectivity index (χ2v) is 4.94. The summed E-state index contributed by atoms with van der Waals surface area (Å²) in [5, 5.41) is 9.02. The van der Waals surface area contributed by atoms with Crippen LogP contribution in [0.3, 0.4) is 0 Å². The maximum Gasteiger partial charge on any atom is 0.407 e. The minimum atomic E-state index is -0.925. The van der Waals surface area contributed by atoms with Crippen molar-refractivity contribution >= 4 is 11.8 Å². The van der Waals surface area contributed by atoms with Gasteiger partial charge < -0.3 is 25.5 Å². The van der Waals surface area contributed by atoms with Crippen LogP contribution >= 0.6 is 0 Å². The van der Waals surface area contributed by atoms with Crippen LogP contribution in [0.25, 0.3) is 0 Å². The van der Waals surface area contributed by atoms with E-state index >= 15 is 0 Å². The van der Waals surface area contributed by atoms with Crippen molar-refractivity contribution in [2.24, 2.45) is 0 Å². The van der Waals surface area contributed by atoms with Crippen molar-refractivity contribution in [3.63, 3.8) is 0 Å². The fourth-order valence-corrected chi connectivity index (χ4v) is 2.34. The van der Waals surface area contributed by atoms with Gasteiger partial charge in [-0.15, -0.1) is 0 Å². The molecule has 1 aromatic heterocycles. The van der Waals surface area contributed by atoms with E-state index in [0.717, 1.165) is 11.1 Å². The van der Waals surface area contributed by atoms with Crippen LogP contribution in [0.1, 0.15) is 11.1 Å². The molecule has 2 heterocycles. The summed E-state index contributed by atoms with van der Waals surface area (Å²) >= 11 is 0. The fraction of sp³-hybridized carbons (Fsp3) is 0.214. The van der Waals surface area contributed by atoms with Gasteiger partial charge in [0.1, 0.15) is 5.75 Å². The normalized spacial score (nSPS) is 13.5. The Morgan fingerprint density at radius 2 is 2.23 bits per heavy atom. The average molecular weight is 302 g/mol. The maximum absolute atomic E-state index is 11.4. The standard InChI is InChI=1S/C14H14N4O4/c15-11-12(19)16-7-17-13(11)22-10-2-1-9-6-18(14(20)21)4-3-8(9)5-10/h1-2,5,7H,3-4,6,15H2,(H,20,21)(H,16,17,19). The second kappa shape index (κ2) is 5.40. The fourth-order valence-electron chi connectivity index (χ4n) is 2.34. The Balaban J connectivity index is 1.84. The van der Waals surface area contributed by atoms with Crippen LogP contribution in [0, 0.1) is 0 Å². The molecular formula is C14H14N4O4. The van der Waals surface area contributed by atoms with Gasteiger partial charge in [-0.2, -0.15) is 0 Å². The van der Waals surface area contributed by atoms with Gasteiger partial charge in [0.15, 0.2) is 5.69 Å². The zero-order valence-corrected chi connectivity index (χ0v) is 11.6. The van der Waals surface area contributed by atoms with Crippen molar-refractivity contribution in [1.82, 2.24) is 14.9 Å². The van der Waals surface area contributed by atoms with Gasteiger partial charge in [0, 0.05) is 13.1 Å². The summed E-state index contributed by atoms with van der Waals surface area (Å²) in [6.45, 7) is 0.799. The molecule has 1 aromatic carbocycles. The third-order valence-corrected chi connectivity index (χ3v) is 3.53. The Morgan fingerprint density at radius 3 is 3.00 bits per heavy atom. The van der Waals surface area contributed by atoms with Crippen molar-refractivity contribution in [3.8, 4) is 11.6 Å². The molecule has 3 rings (SSSR count). The zero-order valence-electron chi connectivity index (χ0n) is 11.6. The molecule has 1 amide bonds. The molecule has 8 nitrogen and oxygen atoms in total. The van der Waals surface area contributed by atoms with Gasteiger partial charge in [0.2, 0.25) is 5.88 Å². The topological polar surface area (TPSA) is 122 Å². The molecule has 22 heavy (non-hydrogen) atoms. The van der Waals surface area contributed by atoms with Gasteiger partial charge >= 0.3 is 6.09 Å². The van der Waals surface area contributed by atoms with Crippen LogP contribution in [0.2, 0.25) is 0 Å². The van der Waals surface area contributed by atoms with Crippen LogP contribution in [0.4, 0.5) is 10.5 Å². The van der Waals surface area contributed by atoms with Gasteiger partial charge in [-0.3, -0.25) is 4.79 Å². The minimum Gasteiger partial charge on any atom is -0.465 e. The Kier molecular flexibility index (Phi) is 3.42. The Bertz CT molecular complexity index is 787. The molecule has 8 heteroatoms. The highest BCUT2D eigenvalue weighted by atomic mass is 16.5. The number of aromatic amines is 1. The first kappa shape index (κ1) is 13.9.